The highest BCUT2D eigenvalue weighted by atomic mass is 35.5. The van der Waals surface area contributed by atoms with Crippen LogP contribution in [0.1, 0.15) is 44.1 Å². The number of piperidine rings is 1. The molecule has 0 spiro atoms. The number of nitrogens with zero attached hydrogens (tertiary/aromatic N) is 1. The van der Waals surface area contributed by atoms with Crippen molar-refractivity contribution in [3.05, 3.63) is 33.8 Å². The molecule has 3 atom stereocenters. The van der Waals surface area contributed by atoms with Gasteiger partial charge in [-0.2, -0.15) is 0 Å². The number of nitrogens with one attached hydrogen (secondary N) is 1. The molecule has 1 saturated heterocycles. The summed E-state index contributed by atoms with van der Waals surface area (Å²) >= 11 is 12.5. The molecule has 1 aromatic rings. The molecule has 1 saturated carbocycles. The molecule has 24 heavy (non-hydrogen) atoms. The van der Waals surface area contributed by atoms with E-state index in [4.69, 9.17) is 23.2 Å². The molecule has 0 radical (unpaired) electrons. The third kappa shape index (κ3) is 3.39. The highest BCUT2D eigenvalue weighted by Gasteiger charge is 2.37. The lowest BCUT2D eigenvalue weighted by Gasteiger charge is -2.38. The van der Waals surface area contributed by atoms with Gasteiger partial charge >= 0.3 is 0 Å². The van der Waals surface area contributed by atoms with Crippen LogP contribution in [0.5, 0.6) is 0 Å². The number of fused-ring (bicyclic) bond motifs is 2. The molecule has 2 bridgehead atoms. The van der Waals surface area contributed by atoms with E-state index in [-0.39, 0.29) is 15.7 Å². The van der Waals surface area contributed by atoms with Crippen molar-refractivity contribution in [1.82, 2.24) is 10.2 Å². The van der Waals surface area contributed by atoms with Crippen LogP contribution in [0.15, 0.2) is 18.2 Å². The van der Waals surface area contributed by atoms with Crippen LogP contribution in [-0.4, -0.2) is 33.0 Å². The molecule has 3 aliphatic rings. The lowest BCUT2D eigenvalue weighted by atomic mass is 10.0. The predicted octanol–water partition coefficient (Wildman–Crippen LogP) is 5.02. The summed E-state index contributed by atoms with van der Waals surface area (Å²) in [5.41, 5.74) is 0.944. The van der Waals surface area contributed by atoms with Crippen LogP contribution in [0.3, 0.4) is 0 Å². The van der Waals surface area contributed by atoms with Crippen molar-refractivity contribution >= 4 is 44.3 Å². The molecule has 3 unspecified atom stereocenters. The van der Waals surface area contributed by atoms with E-state index >= 15 is 0 Å². The Morgan fingerprint density at radius 3 is 2.88 bits per heavy atom. The van der Waals surface area contributed by atoms with Crippen molar-refractivity contribution in [3.63, 3.8) is 0 Å². The van der Waals surface area contributed by atoms with E-state index in [0.29, 0.717) is 34.0 Å². The zero-order chi connectivity index (χ0) is 16.7. The van der Waals surface area contributed by atoms with Gasteiger partial charge in [-0.15, -0.1) is 0 Å². The summed E-state index contributed by atoms with van der Waals surface area (Å²) in [6, 6.07) is 6.62. The maximum Gasteiger partial charge on any atom is 0.277 e. The third-order valence-corrected chi connectivity index (χ3v) is 8.14. The zero-order valence-corrected chi connectivity index (χ0v) is 15.8. The van der Waals surface area contributed by atoms with Gasteiger partial charge in [0.25, 0.3) is 5.24 Å². The maximum absolute atomic E-state index is 13.3. The van der Waals surface area contributed by atoms with Gasteiger partial charge in [-0.25, -0.2) is 0 Å². The summed E-state index contributed by atoms with van der Waals surface area (Å²) in [6.07, 6.45) is 6.79. The number of hydrogen-bond donors (Lipinski definition) is 1. The number of hydrogen-bond acceptors (Lipinski definition) is 2. The van der Waals surface area contributed by atoms with E-state index in [1.165, 1.54) is 12.8 Å². The summed E-state index contributed by atoms with van der Waals surface area (Å²) in [5.74, 6) is 0. The highest BCUT2D eigenvalue weighted by Crippen LogP contribution is 2.39. The second-order valence-corrected chi connectivity index (χ2v) is 9.68. The molecule has 1 aliphatic carbocycles. The van der Waals surface area contributed by atoms with Crippen LogP contribution in [0.4, 0.5) is 4.79 Å². The Kier molecular flexibility index (Phi) is 4.92. The molecule has 2 aliphatic heterocycles. The van der Waals surface area contributed by atoms with E-state index in [0.717, 1.165) is 31.2 Å². The Morgan fingerprint density at radius 1 is 1.25 bits per heavy atom. The fourth-order valence-electron chi connectivity index (χ4n) is 3.61. The summed E-state index contributed by atoms with van der Waals surface area (Å²) in [5, 5.41) is 7.70. The zero-order valence-electron chi connectivity index (χ0n) is 13.5. The number of benzene rings is 1. The van der Waals surface area contributed by atoms with Crippen LogP contribution < -0.4 is 5.32 Å². The average Bonchev–Trinajstić information content (AvgIpc) is 3.41. The second-order valence-electron chi connectivity index (χ2n) is 6.90. The van der Waals surface area contributed by atoms with Gasteiger partial charge in [0.2, 0.25) is 0 Å². The fourth-order valence-corrected chi connectivity index (χ4v) is 6.29. The normalized spacial score (nSPS) is 29.0. The number of halogens is 2. The Morgan fingerprint density at radius 2 is 2.08 bits per heavy atom. The quantitative estimate of drug-likeness (QED) is 0.741. The van der Waals surface area contributed by atoms with E-state index in [2.05, 4.69) is 10.7 Å². The van der Waals surface area contributed by atoms with Crippen molar-refractivity contribution in [3.8, 4) is 0 Å². The van der Waals surface area contributed by atoms with Gasteiger partial charge in [0, 0.05) is 18.6 Å². The number of carbonyl (C=O) groups is 1. The first-order chi connectivity index (χ1) is 11.6. The summed E-state index contributed by atoms with van der Waals surface area (Å²) in [6.45, 7) is 0.566. The topological polar surface area (TPSA) is 32.3 Å². The van der Waals surface area contributed by atoms with Gasteiger partial charge in [-0.05, 0) is 55.5 Å². The standard InChI is InChI=1S/C18H22Cl2N2OS/c19-15-5-1-3-12(17(15)20)11-22(14-7-8-14)18(23)24-10-9-13-4-2-6-16(24)21-13/h1,3,5,10,13-14,16,21H,2,4,6-9,11H2. The minimum atomic E-state index is -0.318. The van der Waals surface area contributed by atoms with Gasteiger partial charge in [0.05, 0.1) is 15.4 Å². The van der Waals surface area contributed by atoms with E-state index < -0.39 is 0 Å². The molecule has 1 amide bonds. The van der Waals surface area contributed by atoms with Crippen molar-refractivity contribution in [2.24, 2.45) is 0 Å². The Balaban J connectivity index is 1.57. The Labute approximate surface area is 155 Å². The maximum atomic E-state index is 13.3. The molecular weight excluding hydrogens is 363 g/mol. The Hall–Kier alpha value is -0.550. The first kappa shape index (κ1) is 16.9. The molecule has 0 aromatic heterocycles. The van der Waals surface area contributed by atoms with Crippen LogP contribution >= 0.6 is 33.7 Å². The lowest BCUT2D eigenvalue weighted by molar-refractivity contribution is 0.217. The van der Waals surface area contributed by atoms with Gasteiger partial charge in [0.1, 0.15) is 0 Å². The number of carbonyl (C=O) groups excluding carboxylic acids is 1. The van der Waals surface area contributed by atoms with Crippen molar-refractivity contribution in [1.29, 1.82) is 0 Å². The average molecular weight is 385 g/mol. The van der Waals surface area contributed by atoms with Gasteiger partial charge in [0.15, 0.2) is 0 Å². The molecule has 2 heterocycles. The first-order valence-electron chi connectivity index (χ1n) is 8.68. The summed E-state index contributed by atoms with van der Waals surface area (Å²) < 4.78 is 0. The lowest BCUT2D eigenvalue weighted by Crippen LogP contribution is -2.47. The van der Waals surface area contributed by atoms with Crippen molar-refractivity contribution in [2.45, 2.75) is 62.5 Å². The van der Waals surface area contributed by atoms with E-state index in [1.54, 1.807) is 6.07 Å². The smallest absolute Gasteiger partial charge is 0.277 e. The Bertz CT molecular complexity index is 690. The molecule has 4 rings (SSSR count). The molecule has 130 valence electrons. The SMILES string of the molecule is O=C(N(Cc1cccc(Cl)c1Cl)C1CC1)S1=CCC2CCCC1N2. The van der Waals surface area contributed by atoms with Crippen LogP contribution in [0.25, 0.3) is 0 Å². The van der Waals surface area contributed by atoms with Gasteiger partial charge in [-0.3, -0.25) is 4.79 Å². The van der Waals surface area contributed by atoms with Crippen molar-refractivity contribution in [2.75, 3.05) is 0 Å². The highest BCUT2D eigenvalue weighted by molar-refractivity contribution is 8.28. The number of amides is 1. The minimum Gasteiger partial charge on any atom is -0.327 e. The van der Waals surface area contributed by atoms with E-state index in [1.807, 2.05) is 17.0 Å². The largest absolute Gasteiger partial charge is 0.327 e. The molecular formula is C18H22Cl2N2OS. The van der Waals surface area contributed by atoms with Gasteiger partial charge in [-0.1, -0.05) is 45.8 Å². The second kappa shape index (κ2) is 6.99. The predicted molar refractivity (Wildman–Crippen MR) is 103 cm³/mol. The first-order valence-corrected chi connectivity index (χ1v) is 10.8. The fraction of sp³-hybridized carbons (Fsp3) is 0.556. The minimum absolute atomic E-state index is 0.284. The summed E-state index contributed by atoms with van der Waals surface area (Å²) in [7, 11) is -0.318. The molecule has 1 aromatic carbocycles. The molecule has 2 fully saturated rings. The third-order valence-electron chi connectivity index (χ3n) is 5.10. The van der Waals surface area contributed by atoms with Crippen LogP contribution in [0.2, 0.25) is 10.0 Å². The molecule has 6 heteroatoms. The van der Waals surface area contributed by atoms with Gasteiger partial charge < -0.3 is 10.2 Å². The molecule has 1 N–H and O–H groups in total. The van der Waals surface area contributed by atoms with Crippen LogP contribution in [-0.2, 0) is 6.54 Å². The molecule has 3 nitrogen and oxygen atoms in total. The van der Waals surface area contributed by atoms with Crippen molar-refractivity contribution < 1.29 is 4.79 Å². The monoisotopic (exact) mass is 384 g/mol. The number of rotatable bonds is 3. The summed E-state index contributed by atoms with van der Waals surface area (Å²) in [4.78, 5) is 15.3. The van der Waals surface area contributed by atoms with Crippen LogP contribution in [0, 0.1) is 0 Å². The van der Waals surface area contributed by atoms with E-state index in [9.17, 15) is 4.79 Å².